The third-order valence-electron chi connectivity index (χ3n) is 7.87. The van der Waals surface area contributed by atoms with Gasteiger partial charge in [-0.15, -0.1) is 0 Å². The van der Waals surface area contributed by atoms with E-state index in [1.54, 1.807) is 23.0 Å². The van der Waals surface area contributed by atoms with Crippen molar-refractivity contribution >= 4 is 19.1 Å². The molecule has 15 heteroatoms. The molecular formula is C31H34F4N8O2Si. The Morgan fingerprint density at radius 1 is 1.02 bits per heavy atom. The largest absolute Gasteiger partial charge is 0.480 e. The second kappa shape index (κ2) is 11.8. The number of hydrogen-bond acceptors (Lipinski definition) is 8. The van der Waals surface area contributed by atoms with E-state index in [9.17, 15) is 13.2 Å². The van der Waals surface area contributed by atoms with Crippen molar-refractivity contribution in [2.75, 3.05) is 13.7 Å². The highest BCUT2D eigenvalue weighted by Crippen LogP contribution is 2.52. The summed E-state index contributed by atoms with van der Waals surface area (Å²) in [7, 11) is 1.68. The standard InChI is InChI=1S/C31H34F4N8O2Si/c1-42-16-23(31(33,34)35)39-28(42)20-8-6-19(7-9-20)14-21-25-22(43(41-21)18-45-12-13-46(3,4)5)15-36-27(40-25)24-26(30(32)10-11-30)37-17-38-29(24)44-2/h6-9,15-17H,10-14,18H2,1-5H3. The molecule has 0 spiro atoms. The van der Waals surface area contributed by atoms with Crippen molar-refractivity contribution in [1.82, 2.24) is 39.3 Å². The van der Waals surface area contributed by atoms with E-state index in [2.05, 4.69) is 39.6 Å². The first-order chi connectivity index (χ1) is 21.8. The van der Waals surface area contributed by atoms with Crippen LogP contribution in [0.2, 0.25) is 25.7 Å². The van der Waals surface area contributed by atoms with Crippen LogP contribution in [0, 0.1) is 0 Å². The molecule has 0 saturated heterocycles. The Morgan fingerprint density at radius 3 is 2.39 bits per heavy atom. The smallest absolute Gasteiger partial charge is 0.434 e. The summed E-state index contributed by atoms with van der Waals surface area (Å²) in [5.41, 5.74) is 1.15. The fraction of sp³-hybridized carbons (Fsp3) is 0.419. The number of aromatic nitrogens is 8. The Bertz CT molecular complexity index is 1880. The van der Waals surface area contributed by atoms with Crippen LogP contribution in [-0.4, -0.2) is 61.1 Å². The van der Waals surface area contributed by atoms with Gasteiger partial charge in [0.05, 0.1) is 24.7 Å². The molecular weight excluding hydrogens is 620 g/mol. The lowest BCUT2D eigenvalue weighted by Gasteiger charge is -2.15. The quantitative estimate of drug-likeness (QED) is 0.0895. The molecule has 0 aliphatic heterocycles. The molecule has 10 nitrogen and oxygen atoms in total. The van der Waals surface area contributed by atoms with E-state index in [0.29, 0.717) is 53.7 Å². The zero-order valence-corrected chi connectivity index (χ0v) is 27.2. The maximum atomic E-state index is 15.4. The van der Waals surface area contributed by atoms with Gasteiger partial charge in [-0.2, -0.15) is 18.3 Å². The molecule has 0 amide bonds. The van der Waals surface area contributed by atoms with Gasteiger partial charge in [0.15, 0.2) is 17.2 Å². The minimum absolute atomic E-state index is 0.176. The Hall–Kier alpha value is -4.24. The van der Waals surface area contributed by atoms with E-state index >= 15 is 4.39 Å². The zero-order chi connectivity index (χ0) is 32.9. The highest BCUT2D eigenvalue weighted by Gasteiger charge is 2.49. The molecule has 1 aliphatic rings. The van der Waals surface area contributed by atoms with E-state index in [4.69, 9.17) is 19.6 Å². The maximum Gasteiger partial charge on any atom is 0.434 e. The minimum atomic E-state index is -4.53. The summed E-state index contributed by atoms with van der Waals surface area (Å²) in [6, 6.07) is 8.09. The molecule has 46 heavy (non-hydrogen) atoms. The van der Waals surface area contributed by atoms with Gasteiger partial charge in [0.2, 0.25) is 5.88 Å². The number of alkyl halides is 4. The lowest BCUT2D eigenvalue weighted by Crippen LogP contribution is -2.22. The zero-order valence-electron chi connectivity index (χ0n) is 26.2. The summed E-state index contributed by atoms with van der Waals surface area (Å²) in [6.45, 7) is 7.62. The third-order valence-corrected chi connectivity index (χ3v) is 9.57. The van der Waals surface area contributed by atoms with Crippen molar-refractivity contribution in [3.8, 4) is 28.7 Å². The monoisotopic (exact) mass is 654 g/mol. The van der Waals surface area contributed by atoms with Crippen LogP contribution in [0.15, 0.2) is 43.0 Å². The average Bonchev–Trinajstić information content (AvgIpc) is 3.49. The molecule has 1 aromatic carbocycles. The number of ether oxygens (including phenoxy) is 2. The third kappa shape index (κ3) is 6.51. The van der Waals surface area contributed by atoms with Gasteiger partial charge in [0, 0.05) is 39.9 Å². The first-order valence-electron chi connectivity index (χ1n) is 14.8. The van der Waals surface area contributed by atoms with Crippen molar-refractivity contribution in [3.05, 3.63) is 65.6 Å². The molecule has 4 aromatic heterocycles. The van der Waals surface area contributed by atoms with Crippen molar-refractivity contribution in [2.45, 2.75) is 63.5 Å². The van der Waals surface area contributed by atoms with Gasteiger partial charge in [-0.1, -0.05) is 43.9 Å². The van der Waals surface area contributed by atoms with Gasteiger partial charge in [-0.05, 0) is 24.4 Å². The molecule has 1 aliphatic carbocycles. The molecule has 0 atom stereocenters. The highest BCUT2D eigenvalue weighted by molar-refractivity contribution is 6.76. The summed E-state index contributed by atoms with van der Waals surface area (Å²) in [5, 5.41) is 4.83. The van der Waals surface area contributed by atoms with Crippen LogP contribution in [0.4, 0.5) is 17.6 Å². The van der Waals surface area contributed by atoms with Crippen LogP contribution < -0.4 is 4.74 Å². The van der Waals surface area contributed by atoms with Crippen LogP contribution in [0.1, 0.15) is 35.5 Å². The number of imidazole rings is 1. The van der Waals surface area contributed by atoms with Crippen LogP contribution in [0.25, 0.3) is 33.8 Å². The fourth-order valence-electron chi connectivity index (χ4n) is 5.14. The van der Waals surface area contributed by atoms with Crippen LogP contribution >= 0.6 is 0 Å². The Morgan fingerprint density at radius 2 is 1.76 bits per heavy atom. The number of halogens is 4. The normalized spacial score (nSPS) is 14.6. The van der Waals surface area contributed by atoms with Crippen LogP contribution in [0.5, 0.6) is 5.88 Å². The molecule has 1 saturated carbocycles. The molecule has 242 valence electrons. The van der Waals surface area contributed by atoms with Crippen LogP contribution in [0.3, 0.4) is 0 Å². The maximum absolute atomic E-state index is 15.4. The van der Waals surface area contributed by atoms with Crippen molar-refractivity contribution in [1.29, 1.82) is 0 Å². The van der Waals surface area contributed by atoms with Gasteiger partial charge >= 0.3 is 6.18 Å². The summed E-state index contributed by atoms with van der Waals surface area (Å²) < 4.78 is 69.5. The van der Waals surface area contributed by atoms with Gasteiger partial charge in [0.25, 0.3) is 0 Å². The van der Waals surface area contributed by atoms with Crippen LogP contribution in [-0.2, 0) is 36.8 Å². The molecule has 0 N–H and O–H groups in total. The summed E-state index contributed by atoms with van der Waals surface area (Å²) in [4.78, 5) is 21.6. The van der Waals surface area contributed by atoms with Crippen molar-refractivity contribution in [2.24, 2.45) is 7.05 Å². The minimum Gasteiger partial charge on any atom is -0.480 e. The van der Waals surface area contributed by atoms with Crippen molar-refractivity contribution in [3.63, 3.8) is 0 Å². The van der Waals surface area contributed by atoms with Gasteiger partial charge in [-0.25, -0.2) is 34.0 Å². The molecule has 1 fully saturated rings. The molecule has 0 bridgehead atoms. The number of hydrogen-bond donors (Lipinski definition) is 0. The molecule has 0 unspecified atom stereocenters. The van der Waals surface area contributed by atoms with E-state index in [-0.39, 0.29) is 30.0 Å². The number of benzene rings is 1. The second-order valence-electron chi connectivity index (χ2n) is 12.7. The summed E-state index contributed by atoms with van der Waals surface area (Å²) in [5.74, 6) is 0.600. The van der Waals surface area contributed by atoms with Gasteiger partial charge in [0.1, 0.15) is 35.5 Å². The lowest BCUT2D eigenvalue weighted by molar-refractivity contribution is -0.140. The Kier molecular flexibility index (Phi) is 8.17. The summed E-state index contributed by atoms with van der Waals surface area (Å²) >= 11 is 0. The Balaban J connectivity index is 1.36. The van der Waals surface area contributed by atoms with Gasteiger partial charge in [-0.3, -0.25) is 0 Å². The first kappa shape index (κ1) is 31.7. The number of rotatable bonds is 11. The second-order valence-corrected chi connectivity index (χ2v) is 18.3. The van der Waals surface area contributed by atoms with E-state index in [1.807, 2.05) is 12.1 Å². The molecule has 0 radical (unpaired) electrons. The fourth-order valence-corrected chi connectivity index (χ4v) is 5.90. The molecule has 5 aromatic rings. The number of aryl methyl sites for hydroxylation is 1. The molecule has 4 heterocycles. The lowest BCUT2D eigenvalue weighted by atomic mass is 10.1. The van der Waals surface area contributed by atoms with Crippen molar-refractivity contribution < 1.29 is 27.0 Å². The van der Waals surface area contributed by atoms with Gasteiger partial charge < -0.3 is 14.0 Å². The summed E-state index contributed by atoms with van der Waals surface area (Å²) in [6.07, 6.45) is 0.374. The predicted molar refractivity (Wildman–Crippen MR) is 165 cm³/mol. The van der Waals surface area contributed by atoms with E-state index in [1.165, 1.54) is 25.1 Å². The number of nitrogens with zero attached hydrogens (tertiary/aromatic N) is 8. The predicted octanol–water partition coefficient (Wildman–Crippen LogP) is 6.57. The average molecular weight is 655 g/mol. The number of methoxy groups -OCH3 is 1. The van der Waals surface area contributed by atoms with E-state index in [0.717, 1.165) is 17.8 Å². The number of fused-ring (bicyclic) bond motifs is 1. The topological polar surface area (TPSA) is 106 Å². The molecule has 6 rings (SSSR count). The first-order valence-corrected chi connectivity index (χ1v) is 18.6. The highest BCUT2D eigenvalue weighted by atomic mass is 28.3. The van der Waals surface area contributed by atoms with E-state index < -0.39 is 25.6 Å². The Labute approximate surface area is 263 Å². The SMILES string of the molecule is COc1ncnc(C2(F)CC2)c1-c1ncc2c(n1)c(Cc1ccc(-c3nc(C(F)(F)F)cn3C)cc1)nn2COCC[Si](C)(C)C.